The van der Waals surface area contributed by atoms with Crippen molar-refractivity contribution in [3.8, 4) is 5.75 Å². The maximum atomic E-state index is 13.1. The van der Waals surface area contributed by atoms with Gasteiger partial charge in [-0.25, -0.2) is 9.97 Å². The Morgan fingerprint density at radius 3 is 2.67 bits per heavy atom. The third-order valence-corrected chi connectivity index (χ3v) is 5.41. The molecule has 9 heteroatoms. The zero-order chi connectivity index (χ0) is 23.6. The van der Waals surface area contributed by atoms with Crippen LogP contribution in [0.2, 0.25) is 0 Å². The molecule has 3 rings (SSSR count). The van der Waals surface area contributed by atoms with Crippen LogP contribution in [0, 0.1) is 6.92 Å². The average molecular weight is 466 g/mol. The Balaban J connectivity index is 1.81. The molecular weight excluding hydrogens is 438 g/mol. The molecule has 0 radical (unpaired) electrons. The number of aromatic nitrogens is 2. The lowest BCUT2D eigenvalue weighted by Crippen LogP contribution is -2.20. The van der Waals surface area contributed by atoms with Crippen LogP contribution >= 0.6 is 11.8 Å². The van der Waals surface area contributed by atoms with Gasteiger partial charge in [-0.2, -0.15) is 0 Å². The second-order valence-electron chi connectivity index (χ2n) is 7.11. The monoisotopic (exact) mass is 465 g/mol. The highest BCUT2D eigenvalue weighted by atomic mass is 32.2. The quantitative estimate of drug-likeness (QED) is 0.304. The Kier molecular flexibility index (Phi) is 8.79. The summed E-state index contributed by atoms with van der Waals surface area (Å²) in [7, 11) is 0. The number of carbonyl (C=O) groups excluding carboxylic acids is 2. The maximum absolute atomic E-state index is 13.1. The zero-order valence-electron chi connectivity index (χ0n) is 18.6. The number of nitrogens with two attached hydrogens (primary N) is 1. The molecule has 0 aliphatic heterocycles. The number of thioether (sulfide) groups is 1. The molecule has 0 atom stereocenters. The molecular formula is C24H27N5O3S. The Hall–Kier alpha value is -3.43. The van der Waals surface area contributed by atoms with Gasteiger partial charge in [-0.1, -0.05) is 13.0 Å². The Labute approximate surface area is 197 Å². The molecule has 2 aromatic heterocycles. The van der Waals surface area contributed by atoms with Gasteiger partial charge in [0.05, 0.1) is 17.9 Å². The van der Waals surface area contributed by atoms with Crippen LogP contribution < -0.4 is 21.1 Å². The minimum Gasteiger partial charge on any atom is -0.493 e. The van der Waals surface area contributed by atoms with Gasteiger partial charge >= 0.3 is 0 Å². The highest BCUT2D eigenvalue weighted by Gasteiger charge is 2.19. The summed E-state index contributed by atoms with van der Waals surface area (Å²) in [6.45, 7) is 4.86. The molecule has 0 aliphatic rings. The number of rotatable bonds is 10. The van der Waals surface area contributed by atoms with Crippen LogP contribution in [-0.4, -0.2) is 40.7 Å². The van der Waals surface area contributed by atoms with Gasteiger partial charge in [0.25, 0.3) is 11.8 Å². The van der Waals surface area contributed by atoms with Gasteiger partial charge in [0.2, 0.25) is 0 Å². The number of aryl methyl sites for hydroxylation is 1. The highest BCUT2D eigenvalue weighted by molar-refractivity contribution is 7.99. The molecule has 0 fully saturated rings. The van der Waals surface area contributed by atoms with Crippen molar-refractivity contribution in [2.24, 2.45) is 5.73 Å². The van der Waals surface area contributed by atoms with E-state index in [1.54, 1.807) is 42.2 Å². The predicted octanol–water partition coefficient (Wildman–Crippen LogP) is 4.13. The number of nitrogens with one attached hydrogen (secondary N) is 2. The van der Waals surface area contributed by atoms with Gasteiger partial charge in [-0.3, -0.25) is 9.59 Å². The summed E-state index contributed by atoms with van der Waals surface area (Å²) in [4.78, 5) is 35.2. The molecule has 1 aromatic carbocycles. The summed E-state index contributed by atoms with van der Waals surface area (Å²) in [6.07, 6.45) is 3.82. The van der Waals surface area contributed by atoms with Gasteiger partial charge in [0, 0.05) is 17.3 Å². The Bertz CT molecular complexity index is 1110. The number of pyridine rings is 2. The standard InChI is InChI=1S/C24H27N5O3S/c1-3-33-17-8-9-18(20(14-17)32-13-5-11-25)23(30)28-19-6-4-12-26-22(19)24(31)29-21-10-7-16(2)15-27-21/h4,6-10,12,14-15H,3,5,11,13,25H2,1-2H3,(H,28,30)(H,27,29,31). The number of hydrogen-bond acceptors (Lipinski definition) is 7. The van der Waals surface area contributed by atoms with Crippen molar-refractivity contribution >= 4 is 35.1 Å². The smallest absolute Gasteiger partial charge is 0.277 e. The molecule has 3 aromatic rings. The van der Waals surface area contributed by atoms with E-state index in [-0.39, 0.29) is 11.4 Å². The largest absolute Gasteiger partial charge is 0.493 e. The lowest BCUT2D eigenvalue weighted by Gasteiger charge is -2.14. The summed E-state index contributed by atoms with van der Waals surface area (Å²) in [5, 5.41) is 5.49. The minimum absolute atomic E-state index is 0.0805. The number of amides is 2. The fourth-order valence-electron chi connectivity index (χ4n) is 2.93. The van der Waals surface area contributed by atoms with Crippen LogP contribution in [0.25, 0.3) is 0 Å². The summed E-state index contributed by atoms with van der Waals surface area (Å²) in [6, 6.07) is 12.3. The molecule has 0 spiro atoms. The number of benzene rings is 1. The van der Waals surface area contributed by atoms with Gasteiger partial charge in [-0.15, -0.1) is 11.8 Å². The van der Waals surface area contributed by atoms with Crippen molar-refractivity contribution in [2.75, 3.05) is 29.5 Å². The van der Waals surface area contributed by atoms with Crippen molar-refractivity contribution in [1.29, 1.82) is 0 Å². The van der Waals surface area contributed by atoms with Crippen LogP contribution in [-0.2, 0) is 0 Å². The summed E-state index contributed by atoms with van der Waals surface area (Å²) in [5.41, 5.74) is 7.27. The van der Waals surface area contributed by atoms with Crippen molar-refractivity contribution < 1.29 is 14.3 Å². The molecule has 8 nitrogen and oxygen atoms in total. The third kappa shape index (κ3) is 6.77. The van der Waals surface area contributed by atoms with E-state index in [4.69, 9.17) is 10.5 Å². The first-order chi connectivity index (χ1) is 16.0. The van der Waals surface area contributed by atoms with E-state index in [1.807, 2.05) is 25.1 Å². The van der Waals surface area contributed by atoms with E-state index < -0.39 is 11.8 Å². The normalized spacial score (nSPS) is 10.5. The summed E-state index contributed by atoms with van der Waals surface area (Å²) >= 11 is 1.66. The molecule has 0 aliphatic carbocycles. The van der Waals surface area contributed by atoms with Gasteiger partial charge in [-0.05, 0) is 67.6 Å². The van der Waals surface area contributed by atoms with Crippen molar-refractivity contribution in [3.63, 3.8) is 0 Å². The molecule has 0 saturated carbocycles. The molecule has 2 heterocycles. The first kappa shape index (κ1) is 24.2. The van der Waals surface area contributed by atoms with Crippen molar-refractivity contribution in [3.05, 3.63) is 71.7 Å². The molecule has 33 heavy (non-hydrogen) atoms. The molecule has 2 amide bonds. The third-order valence-electron chi connectivity index (χ3n) is 4.54. The summed E-state index contributed by atoms with van der Waals surface area (Å²) in [5.74, 6) is 0.890. The maximum Gasteiger partial charge on any atom is 0.277 e. The zero-order valence-corrected chi connectivity index (χ0v) is 19.4. The van der Waals surface area contributed by atoms with Gasteiger partial charge in [0.1, 0.15) is 11.6 Å². The van der Waals surface area contributed by atoms with Crippen LogP contribution in [0.15, 0.2) is 59.8 Å². The molecule has 0 bridgehead atoms. The molecule has 172 valence electrons. The van der Waals surface area contributed by atoms with Crippen molar-refractivity contribution in [1.82, 2.24) is 9.97 Å². The van der Waals surface area contributed by atoms with E-state index >= 15 is 0 Å². The van der Waals surface area contributed by atoms with Crippen LogP contribution in [0.1, 0.15) is 39.8 Å². The number of anilines is 2. The number of hydrogen-bond donors (Lipinski definition) is 3. The lowest BCUT2D eigenvalue weighted by atomic mass is 10.1. The molecule has 0 unspecified atom stereocenters. The SMILES string of the molecule is CCSc1ccc(C(=O)Nc2cccnc2C(=O)Nc2ccc(C)cn2)c(OCCCN)c1. The molecule has 0 saturated heterocycles. The predicted molar refractivity (Wildman–Crippen MR) is 131 cm³/mol. The van der Waals surface area contributed by atoms with Crippen LogP contribution in [0.5, 0.6) is 5.75 Å². The Morgan fingerprint density at radius 1 is 1.09 bits per heavy atom. The van der Waals surface area contributed by atoms with Crippen molar-refractivity contribution in [2.45, 2.75) is 25.2 Å². The number of ether oxygens (including phenoxy) is 1. The van der Waals surface area contributed by atoms with Crippen LogP contribution in [0.4, 0.5) is 11.5 Å². The first-order valence-corrected chi connectivity index (χ1v) is 11.6. The minimum atomic E-state index is -0.476. The Morgan fingerprint density at radius 2 is 1.94 bits per heavy atom. The second-order valence-corrected chi connectivity index (χ2v) is 8.45. The first-order valence-electron chi connectivity index (χ1n) is 10.6. The van der Waals surface area contributed by atoms with E-state index in [0.29, 0.717) is 36.7 Å². The fourth-order valence-corrected chi connectivity index (χ4v) is 3.61. The topological polar surface area (TPSA) is 119 Å². The van der Waals surface area contributed by atoms with Gasteiger partial charge < -0.3 is 21.1 Å². The highest BCUT2D eigenvalue weighted by Crippen LogP contribution is 2.28. The second kappa shape index (κ2) is 12.0. The van der Waals surface area contributed by atoms with E-state index in [2.05, 4.69) is 27.5 Å². The van der Waals surface area contributed by atoms with E-state index in [0.717, 1.165) is 16.2 Å². The number of carbonyl (C=O) groups is 2. The summed E-state index contributed by atoms with van der Waals surface area (Å²) < 4.78 is 5.83. The van der Waals surface area contributed by atoms with Crippen LogP contribution in [0.3, 0.4) is 0 Å². The van der Waals surface area contributed by atoms with Gasteiger partial charge in [0.15, 0.2) is 5.69 Å². The molecule has 4 N–H and O–H groups in total. The average Bonchev–Trinajstić information content (AvgIpc) is 2.81. The fraction of sp³-hybridized carbons (Fsp3) is 0.250. The number of nitrogens with zero attached hydrogens (tertiary/aromatic N) is 2. The van der Waals surface area contributed by atoms with E-state index in [1.165, 1.54) is 6.20 Å². The van der Waals surface area contributed by atoms with E-state index in [9.17, 15) is 9.59 Å². The lowest BCUT2D eigenvalue weighted by molar-refractivity contribution is 0.102.